The minimum atomic E-state index is -0.175. The fourth-order valence-electron chi connectivity index (χ4n) is 1.80. The Hall–Kier alpha value is -1.82. The van der Waals surface area contributed by atoms with Gasteiger partial charge in [0.25, 0.3) is 0 Å². The van der Waals surface area contributed by atoms with Crippen molar-refractivity contribution in [3.63, 3.8) is 0 Å². The second-order valence-electron chi connectivity index (χ2n) is 4.48. The zero-order chi connectivity index (χ0) is 14.8. The Labute approximate surface area is 118 Å². The van der Waals surface area contributed by atoms with Crippen molar-refractivity contribution in [2.75, 3.05) is 26.8 Å². The van der Waals surface area contributed by atoms with Gasteiger partial charge in [0, 0.05) is 19.5 Å². The Morgan fingerprint density at radius 1 is 1.40 bits per heavy atom. The fraction of sp³-hybridized carbons (Fsp3) is 0.571. The van der Waals surface area contributed by atoms with Gasteiger partial charge in [-0.2, -0.15) is 0 Å². The zero-order valence-electron chi connectivity index (χ0n) is 11.7. The molecule has 2 amide bonds. The highest BCUT2D eigenvalue weighted by atomic mass is 16.5. The molecule has 6 heteroatoms. The van der Waals surface area contributed by atoms with Crippen molar-refractivity contribution in [3.05, 3.63) is 24.0 Å². The molecule has 0 aromatic carbocycles. The quantitative estimate of drug-likeness (QED) is 0.551. The molecule has 20 heavy (non-hydrogen) atoms. The monoisotopic (exact) mass is 282 g/mol. The normalized spacial score (nSPS) is 17.3. The van der Waals surface area contributed by atoms with Crippen LogP contribution in [0, 0.1) is 5.92 Å². The third-order valence-electron chi connectivity index (χ3n) is 2.95. The van der Waals surface area contributed by atoms with Crippen molar-refractivity contribution >= 4 is 11.8 Å². The first kappa shape index (κ1) is 16.2. The Kier molecular flexibility index (Phi) is 7.42. The van der Waals surface area contributed by atoms with Gasteiger partial charge in [0.2, 0.25) is 11.8 Å². The number of allylic oxidation sites excluding steroid dienone is 2. The summed E-state index contributed by atoms with van der Waals surface area (Å²) in [7, 11) is 1.60. The first-order chi connectivity index (χ1) is 9.67. The minimum absolute atomic E-state index is 0.0191. The lowest BCUT2D eigenvalue weighted by Gasteiger charge is -2.15. The molecule has 0 radical (unpaired) electrons. The Morgan fingerprint density at radius 3 is 2.75 bits per heavy atom. The van der Waals surface area contributed by atoms with E-state index in [1.807, 2.05) is 12.2 Å². The second-order valence-corrected chi connectivity index (χ2v) is 4.48. The molecular weight excluding hydrogens is 260 g/mol. The smallest absolute Gasteiger partial charge is 0.227 e. The maximum Gasteiger partial charge on any atom is 0.227 e. The number of nitrogens with one attached hydrogen (secondary N) is 2. The van der Waals surface area contributed by atoms with Crippen molar-refractivity contribution in [1.82, 2.24) is 10.6 Å². The van der Waals surface area contributed by atoms with Crippen LogP contribution in [0.15, 0.2) is 24.0 Å². The third-order valence-corrected chi connectivity index (χ3v) is 2.95. The van der Waals surface area contributed by atoms with E-state index in [0.717, 1.165) is 5.76 Å². The number of carbonyl (C=O) groups is 2. The Bertz CT molecular complexity index is 391. The molecule has 0 bridgehead atoms. The van der Waals surface area contributed by atoms with Crippen LogP contribution in [0.2, 0.25) is 0 Å². The number of rotatable bonds is 8. The van der Waals surface area contributed by atoms with Crippen LogP contribution in [0.1, 0.15) is 19.3 Å². The highest BCUT2D eigenvalue weighted by Crippen LogP contribution is 2.16. The largest absolute Gasteiger partial charge is 0.497 e. The van der Waals surface area contributed by atoms with Gasteiger partial charge in [0.1, 0.15) is 5.76 Å². The van der Waals surface area contributed by atoms with Crippen molar-refractivity contribution < 1.29 is 19.4 Å². The van der Waals surface area contributed by atoms with E-state index in [1.54, 1.807) is 13.2 Å². The molecule has 112 valence electrons. The van der Waals surface area contributed by atoms with Crippen molar-refractivity contribution in [1.29, 1.82) is 0 Å². The predicted molar refractivity (Wildman–Crippen MR) is 74.7 cm³/mol. The van der Waals surface area contributed by atoms with E-state index >= 15 is 0 Å². The number of hydrogen-bond acceptors (Lipinski definition) is 4. The lowest BCUT2D eigenvalue weighted by atomic mass is 9.99. The molecule has 0 aliphatic heterocycles. The number of ether oxygens (including phenoxy) is 1. The highest BCUT2D eigenvalue weighted by Gasteiger charge is 2.16. The molecule has 1 atom stereocenters. The Balaban J connectivity index is 2.11. The molecule has 0 fully saturated rings. The maximum atomic E-state index is 11.8. The summed E-state index contributed by atoms with van der Waals surface area (Å²) < 4.78 is 5.06. The molecule has 1 rings (SSSR count). The van der Waals surface area contributed by atoms with E-state index in [1.165, 1.54) is 0 Å². The molecule has 6 nitrogen and oxygen atoms in total. The van der Waals surface area contributed by atoms with E-state index in [2.05, 4.69) is 10.6 Å². The van der Waals surface area contributed by atoms with Gasteiger partial charge in [0.15, 0.2) is 0 Å². The number of amides is 2. The average molecular weight is 282 g/mol. The van der Waals surface area contributed by atoms with Crippen molar-refractivity contribution in [2.45, 2.75) is 19.3 Å². The van der Waals surface area contributed by atoms with E-state index in [-0.39, 0.29) is 30.8 Å². The first-order valence-electron chi connectivity index (χ1n) is 6.75. The predicted octanol–water partition coefficient (Wildman–Crippen LogP) is 0.0977. The van der Waals surface area contributed by atoms with Gasteiger partial charge in [-0.05, 0) is 25.0 Å². The van der Waals surface area contributed by atoms with Crippen LogP contribution in [0.25, 0.3) is 0 Å². The van der Waals surface area contributed by atoms with Crippen LogP contribution in [-0.2, 0) is 14.3 Å². The lowest BCUT2D eigenvalue weighted by molar-refractivity contribution is -0.123. The molecule has 1 unspecified atom stereocenters. The molecule has 3 N–H and O–H groups in total. The van der Waals surface area contributed by atoms with Crippen LogP contribution < -0.4 is 10.6 Å². The molecule has 0 heterocycles. The van der Waals surface area contributed by atoms with Gasteiger partial charge in [-0.25, -0.2) is 0 Å². The van der Waals surface area contributed by atoms with Gasteiger partial charge in [-0.1, -0.05) is 6.08 Å². The summed E-state index contributed by atoms with van der Waals surface area (Å²) in [5.74, 6) is 0.430. The fourth-order valence-corrected chi connectivity index (χ4v) is 1.80. The summed E-state index contributed by atoms with van der Waals surface area (Å²) in [4.78, 5) is 22.9. The maximum absolute atomic E-state index is 11.8. The van der Waals surface area contributed by atoms with Gasteiger partial charge in [-0.3, -0.25) is 9.59 Å². The molecule has 1 aliphatic rings. The molecular formula is C14H22N2O4. The third kappa shape index (κ3) is 5.88. The number of carbonyl (C=O) groups excluding carboxylic acids is 2. The molecule has 0 spiro atoms. The lowest BCUT2D eigenvalue weighted by Crippen LogP contribution is -2.33. The van der Waals surface area contributed by atoms with E-state index in [4.69, 9.17) is 9.84 Å². The van der Waals surface area contributed by atoms with Gasteiger partial charge in [0.05, 0.1) is 19.6 Å². The average Bonchev–Trinajstić information content (AvgIpc) is 2.47. The van der Waals surface area contributed by atoms with E-state index in [0.29, 0.717) is 25.9 Å². The van der Waals surface area contributed by atoms with Crippen LogP contribution in [0.3, 0.4) is 0 Å². The number of aliphatic hydroxyl groups is 1. The standard InChI is InChI=1S/C14H22N2O4/c1-20-12-5-3-11(4-6-12)14(19)16-9-2-8-15-13(18)7-10-17/h3,5-6,11,17H,2,4,7-10H2,1H3,(H,15,18)(H,16,19). The minimum Gasteiger partial charge on any atom is -0.497 e. The van der Waals surface area contributed by atoms with Crippen LogP contribution in [0.4, 0.5) is 0 Å². The van der Waals surface area contributed by atoms with Crippen LogP contribution in [-0.4, -0.2) is 43.7 Å². The summed E-state index contributed by atoms with van der Waals surface area (Å²) in [6.45, 7) is 0.865. The van der Waals surface area contributed by atoms with Crippen molar-refractivity contribution in [2.24, 2.45) is 5.92 Å². The number of methoxy groups -OCH3 is 1. The van der Waals surface area contributed by atoms with Crippen LogP contribution in [0.5, 0.6) is 0 Å². The molecule has 0 saturated carbocycles. The van der Waals surface area contributed by atoms with Gasteiger partial charge in [-0.15, -0.1) is 0 Å². The summed E-state index contributed by atoms with van der Waals surface area (Å²) in [6, 6.07) is 0. The van der Waals surface area contributed by atoms with Crippen molar-refractivity contribution in [3.8, 4) is 0 Å². The molecule has 0 aromatic rings. The van der Waals surface area contributed by atoms with Gasteiger partial charge >= 0.3 is 0 Å². The zero-order valence-corrected chi connectivity index (χ0v) is 11.7. The summed E-state index contributed by atoms with van der Waals surface area (Å²) in [5, 5.41) is 14.0. The first-order valence-corrected chi connectivity index (χ1v) is 6.75. The van der Waals surface area contributed by atoms with Crippen LogP contribution >= 0.6 is 0 Å². The van der Waals surface area contributed by atoms with E-state index < -0.39 is 0 Å². The summed E-state index contributed by atoms with van der Waals surface area (Å²) in [5.41, 5.74) is 0. The molecule has 0 aromatic heterocycles. The molecule has 1 aliphatic carbocycles. The number of aliphatic hydroxyl groups excluding tert-OH is 1. The SMILES string of the molecule is COC1=CCC(C(=O)NCCCNC(=O)CCO)C=C1. The number of hydrogen-bond donors (Lipinski definition) is 3. The van der Waals surface area contributed by atoms with E-state index in [9.17, 15) is 9.59 Å². The summed E-state index contributed by atoms with van der Waals surface area (Å²) in [6.07, 6.45) is 6.93. The second kappa shape index (κ2) is 9.14. The molecule has 0 saturated heterocycles. The van der Waals surface area contributed by atoms with Gasteiger partial charge < -0.3 is 20.5 Å². The summed E-state index contributed by atoms with van der Waals surface area (Å²) >= 11 is 0. The Morgan fingerprint density at radius 2 is 2.15 bits per heavy atom. The highest BCUT2D eigenvalue weighted by molar-refractivity contribution is 5.81. The topological polar surface area (TPSA) is 87.7 Å².